The summed E-state index contributed by atoms with van der Waals surface area (Å²) in [4.78, 5) is 40.1. The van der Waals surface area contributed by atoms with Crippen molar-refractivity contribution in [1.29, 1.82) is 0 Å². The third-order valence-corrected chi connectivity index (χ3v) is 6.85. The summed E-state index contributed by atoms with van der Waals surface area (Å²) in [6, 6.07) is 0.414. The Labute approximate surface area is 172 Å². The molecule has 0 aromatic rings. The lowest BCUT2D eigenvalue weighted by Crippen LogP contribution is -2.56. The second-order valence-electron chi connectivity index (χ2n) is 7.36. The Hall–Kier alpha value is -1.32. The maximum atomic E-state index is 12.8. The third-order valence-electron chi connectivity index (χ3n) is 5.81. The maximum absolute atomic E-state index is 12.8. The smallest absolute Gasteiger partial charge is 0.290 e. The van der Waals surface area contributed by atoms with Crippen LogP contribution in [0.15, 0.2) is 0 Å². The number of carboxylic acid groups (broad SMARTS) is 1. The minimum Gasteiger partial charge on any atom is -0.483 e. The minimum atomic E-state index is -0.291. The summed E-state index contributed by atoms with van der Waals surface area (Å²) >= 11 is 2.06. The number of carbonyl (C=O) groups is 3. The number of piperazine rings is 1. The van der Waals surface area contributed by atoms with Gasteiger partial charge in [-0.25, -0.2) is 0 Å². The number of hydrogen-bond donors (Lipinski definition) is 2. The van der Waals surface area contributed by atoms with Gasteiger partial charge < -0.3 is 15.3 Å². The van der Waals surface area contributed by atoms with E-state index in [-0.39, 0.29) is 24.3 Å². The van der Waals surface area contributed by atoms with Gasteiger partial charge in [-0.2, -0.15) is 11.8 Å². The first-order valence-electron chi connectivity index (χ1n) is 10.3. The molecule has 0 saturated carbocycles. The van der Waals surface area contributed by atoms with Crippen LogP contribution in [0.25, 0.3) is 0 Å². The quantitative estimate of drug-likeness (QED) is 0.640. The highest BCUT2D eigenvalue weighted by Crippen LogP contribution is 2.23. The second kappa shape index (κ2) is 12.3. The number of rotatable bonds is 4. The first-order chi connectivity index (χ1) is 13.6. The fourth-order valence-corrected chi connectivity index (χ4v) is 5.34. The molecule has 2 amide bonds. The van der Waals surface area contributed by atoms with Gasteiger partial charge in [0.1, 0.15) is 0 Å². The molecule has 0 radical (unpaired) electrons. The summed E-state index contributed by atoms with van der Waals surface area (Å²) in [5.41, 5.74) is 0. The molecule has 1 unspecified atom stereocenters. The lowest BCUT2D eigenvalue weighted by atomic mass is 10.1. The van der Waals surface area contributed by atoms with Crippen LogP contribution in [0, 0.1) is 0 Å². The van der Waals surface area contributed by atoms with Crippen LogP contribution in [0.4, 0.5) is 0 Å². The third kappa shape index (κ3) is 6.63. The molecule has 8 nitrogen and oxygen atoms in total. The van der Waals surface area contributed by atoms with Crippen molar-refractivity contribution in [2.24, 2.45) is 0 Å². The summed E-state index contributed by atoms with van der Waals surface area (Å²) < 4.78 is 0. The highest BCUT2D eigenvalue weighted by atomic mass is 32.2. The van der Waals surface area contributed by atoms with Gasteiger partial charge >= 0.3 is 0 Å². The fraction of sp³-hybridized carbons (Fsp3) is 0.842. The Morgan fingerprint density at radius 1 is 1.21 bits per heavy atom. The highest BCUT2D eigenvalue weighted by Gasteiger charge is 2.33. The topological polar surface area (TPSA) is 93.2 Å². The van der Waals surface area contributed by atoms with E-state index in [1.54, 1.807) is 0 Å². The van der Waals surface area contributed by atoms with Crippen LogP contribution in [-0.2, 0) is 14.4 Å². The summed E-state index contributed by atoms with van der Waals surface area (Å²) in [7, 11) is 0. The van der Waals surface area contributed by atoms with E-state index in [1.807, 2.05) is 4.90 Å². The normalized spacial score (nSPS) is 25.2. The van der Waals surface area contributed by atoms with Crippen LogP contribution in [0.5, 0.6) is 0 Å². The summed E-state index contributed by atoms with van der Waals surface area (Å²) in [5, 5.41) is 9.79. The monoisotopic (exact) mass is 414 g/mol. The molecule has 0 aromatic heterocycles. The van der Waals surface area contributed by atoms with Crippen molar-refractivity contribution in [1.82, 2.24) is 20.0 Å². The van der Waals surface area contributed by atoms with Gasteiger partial charge in [-0.05, 0) is 37.3 Å². The highest BCUT2D eigenvalue weighted by molar-refractivity contribution is 7.99. The number of hydrogen-bond acceptors (Lipinski definition) is 6. The fourth-order valence-electron chi connectivity index (χ4n) is 4.26. The van der Waals surface area contributed by atoms with E-state index in [1.165, 1.54) is 24.3 Å². The Kier molecular flexibility index (Phi) is 10.1. The number of amides is 2. The predicted octanol–water partition coefficient (Wildman–Crippen LogP) is 0.328. The second-order valence-corrected chi connectivity index (χ2v) is 8.58. The van der Waals surface area contributed by atoms with Crippen molar-refractivity contribution >= 4 is 30.0 Å². The summed E-state index contributed by atoms with van der Waals surface area (Å²) in [6.45, 7) is 7.88. The van der Waals surface area contributed by atoms with Crippen molar-refractivity contribution in [3.8, 4) is 0 Å². The largest absolute Gasteiger partial charge is 0.483 e. The number of nitrogens with zero attached hydrogens (tertiary/aromatic N) is 3. The number of thioether (sulfide) groups is 1. The zero-order chi connectivity index (χ0) is 20.4. The molecule has 2 N–H and O–H groups in total. The predicted molar refractivity (Wildman–Crippen MR) is 110 cm³/mol. The van der Waals surface area contributed by atoms with Crippen LogP contribution in [0.2, 0.25) is 0 Å². The molecule has 0 spiro atoms. The van der Waals surface area contributed by atoms with Gasteiger partial charge in [0.05, 0.1) is 12.5 Å². The molecule has 0 aliphatic carbocycles. The average Bonchev–Trinajstić information content (AvgIpc) is 2.97. The van der Waals surface area contributed by atoms with Crippen LogP contribution < -0.4 is 5.32 Å². The molecule has 3 aliphatic heterocycles. The van der Waals surface area contributed by atoms with Gasteiger partial charge in [0.2, 0.25) is 11.8 Å². The zero-order valence-corrected chi connectivity index (χ0v) is 17.7. The van der Waals surface area contributed by atoms with Gasteiger partial charge in [-0.15, -0.1) is 0 Å². The Bertz CT molecular complexity index is 516. The van der Waals surface area contributed by atoms with E-state index < -0.39 is 0 Å². The van der Waals surface area contributed by atoms with Crippen molar-refractivity contribution < 1.29 is 19.5 Å². The molecule has 3 aliphatic rings. The summed E-state index contributed by atoms with van der Waals surface area (Å²) in [5.74, 6) is 2.69. The van der Waals surface area contributed by atoms with E-state index >= 15 is 0 Å². The molecule has 3 rings (SSSR count). The van der Waals surface area contributed by atoms with Crippen LogP contribution in [-0.4, -0.2) is 107 Å². The van der Waals surface area contributed by atoms with Crippen LogP contribution in [0.3, 0.4) is 0 Å². The van der Waals surface area contributed by atoms with Crippen molar-refractivity contribution in [2.75, 3.05) is 57.3 Å². The molecule has 3 saturated heterocycles. The molecule has 160 valence electrons. The number of nitrogens with one attached hydrogen (secondary N) is 1. The van der Waals surface area contributed by atoms with Gasteiger partial charge in [0, 0.05) is 45.3 Å². The molecular weight excluding hydrogens is 380 g/mol. The Morgan fingerprint density at radius 3 is 2.61 bits per heavy atom. The first-order valence-corrected chi connectivity index (χ1v) is 11.4. The SMILES string of the molecule is CCN1CCNC(=O)C1CC(=O)N1CCCN(C2CCSCC2)CC1.O=CO. The van der Waals surface area contributed by atoms with Crippen molar-refractivity contribution in [2.45, 2.75) is 44.7 Å². The lowest BCUT2D eigenvalue weighted by molar-refractivity contribution is -0.138. The van der Waals surface area contributed by atoms with E-state index in [0.29, 0.717) is 19.0 Å². The van der Waals surface area contributed by atoms with E-state index in [0.717, 1.165) is 45.7 Å². The summed E-state index contributed by atoms with van der Waals surface area (Å²) in [6.07, 6.45) is 3.93. The molecule has 3 fully saturated rings. The molecule has 9 heteroatoms. The molecule has 3 heterocycles. The van der Waals surface area contributed by atoms with E-state index in [2.05, 4.69) is 33.8 Å². The standard InChI is InChI=1S/C18H32N4O2S.CH2O2/c1-2-20-9-6-19-18(24)16(20)14-17(23)22-8-3-7-21(10-11-22)15-4-12-25-13-5-15;2-1-3/h15-16H,2-14H2,1H3,(H,19,24);1H,(H,2,3). The van der Waals surface area contributed by atoms with E-state index in [9.17, 15) is 9.59 Å². The lowest BCUT2D eigenvalue weighted by Gasteiger charge is -2.35. The molecule has 0 aromatic carbocycles. The minimum absolute atomic E-state index is 0.0117. The number of carbonyl (C=O) groups excluding carboxylic acids is 2. The molecule has 1 atom stereocenters. The van der Waals surface area contributed by atoms with Crippen molar-refractivity contribution in [3.63, 3.8) is 0 Å². The van der Waals surface area contributed by atoms with E-state index in [4.69, 9.17) is 9.90 Å². The van der Waals surface area contributed by atoms with Gasteiger partial charge in [-0.3, -0.25) is 24.2 Å². The Morgan fingerprint density at radius 2 is 1.93 bits per heavy atom. The Balaban J connectivity index is 0.000000878. The first kappa shape index (κ1) is 23.0. The average molecular weight is 415 g/mol. The molecule has 0 bridgehead atoms. The van der Waals surface area contributed by atoms with Gasteiger partial charge in [0.25, 0.3) is 6.47 Å². The van der Waals surface area contributed by atoms with Crippen LogP contribution in [0.1, 0.15) is 32.6 Å². The number of likely N-dealkylation sites (N-methyl/N-ethyl adjacent to an activating group) is 1. The maximum Gasteiger partial charge on any atom is 0.290 e. The molecule has 28 heavy (non-hydrogen) atoms. The van der Waals surface area contributed by atoms with Gasteiger partial charge in [0.15, 0.2) is 0 Å². The zero-order valence-electron chi connectivity index (χ0n) is 16.8. The molecular formula is C19H34N4O4S. The van der Waals surface area contributed by atoms with Crippen molar-refractivity contribution in [3.05, 3.63) is 0 Å². The van der Waals surface area contributed by atoms with Crippen LogP contribution >= 0.6 is 11.8 Å². The van der Waals surface area contributed by atoms with Gasteiger partial charge in [-0.1, -0.05) is 6.92 Å².